The SMILES string of the molecule is Oc1c(O)c(-c2c3c(O)c(O)c(O)c(O)c3c(-c3c(O)c(O)c4oc5c(O)c6c(O)c(O)c(O)c(O)c6c(O)c5c4c3O)c3c(O)c(O)c(O)c(O)c23)c(O)c(-c2c(O)c(O)c(O)c3c2c(O)c(O)c2c(O)c(O)c(O)c(O)c23)c1O. The van der Waals surface area contributed by atoms with E-state index in [9.17, 15) is 153 Å². The van der Waals surface area contributed by atoms with Gasteiger partial charge in [-0.25, -0.2) is 0 Å². The first-order chi connectivity index (χ1) is 37.8. The van der Waals surface area contributed by atoms with Crippen molar-refractivity contribution in [3.05, 3.63) is 0 Å². The number of fused-ring (bicyclic) bond motifs is 9. The molecule has 0 aliphatic heterocycles. The van der Waals surface area contributed by atoms with Crippen molar-refractivity contribution in [1.29, 1.82) is 0 Å². The summed E-state index contributed by atoms with van der Waals surface area (Å²) < 4.78 is 5.46. The van der Waals surface area contributed by atoms with Crippen molar-refractivity contribution in [2.75, 3.05) is 0 Å². The van der Waals surface area contributed by atoms with Crippen LogP contribution in [0.25, 0.3) is 109 Å². The Hall–Kier alpha value is -12.7. The maximum atomic E-state index is 12.5. The van der Waals surface area contributed by atoms with Gasteiger partial charge in [0, 0.05) is 54.4 Å². The second-order valence-corrected chi connectivity index (χ2v) is 18.0. The average molecular weight is 1130 g/mol. The first kappa shape index (κ1) is 50.5. The maximum Gasteiger partial charge on any atom is 0.205 e. The molecule has 0 fully saturated rings. The fraction of sp³-hybridized carbons (Fsp3) is 0. The van der Waals surface area contributed by atoms with E-state index in [1.54, 1.807) is 0 Å². The lowest BCUT2D eigenvalue weighted by molar-refractivity contribution is 0.349. The average Bonchev–Trinajstić information content (AvgIpc) is 2.55. The van der Waals surface area contributed by atoms with Gasteiger partial charge in [-0.15, -0.1) is 0 Å². The molecule has 30 N–H and O–H groups in total. The number of phenols is 30. The molecule has 0 spiro atoms. The third-order valence-electron chi connectivity index (χ3n) is 14.1. The quantitative estimate of drug-likeness (QED) is 0.0448. The number of hydrogen-bond acceptors (Lipinski definition) is 31. The Balaban J connectivity index is 1.40. The second-order valence-electron chi connectivity index (χ2n) is 18.0. The van der Waals surface area contributed by atoms with E-state index < -0.39 is 282 Å². The lowest BCUT2D eigenvalue weighted by Gasteiger charge is -2.25. The van der Waals surface area contributed by atoms with Crippen molar-refractivity contribution in [2.45, 2.75) is 0 Å². The normalized spacial score (nSPS) is 12.0. The molecule has 0 atom stereocenters. The minimum absolute atomic E-state index is 1.07. The van der Waals surface area contributed by atoms with E-state index in [0.29, 0.717) is 0 Å². The van der Waals surface area contributed by atoms with Crippen molar-refractivity contribution in [3.8, 4) is 206 Å². The third-order valence-corrected chi connectivity index (χ3v) is 14.1. The first-order valence-corrected chi connectivity index (χ1v) is 21.9. The zero-order valence-corrected chi connectivity index (χ0v) is 38.8. The van der Waals surface area contributed by atoms with Gasteiger partial charge in [-0.1, -0.05) is 0 Å². The molecule has 0 radical (unpaired) electrons. The summed E-state index contributed by atoms with van der Waals surface area (Å²) in [5.41, 5.74) is -11.8. The standard InChI is InChI=1S/C50H30O31/c51-19-11(31(63)39(71)32(64)13(19)9-7-8(27(59)38(70)28(9)60)10-14(30(62)22(7)54)33(65)45(77)44(76)29(10)61)1-3-5(25(57)42(74)40(72)23(3)55)2(6-4(1)24(56)41(73)43(75)26(6)58)12-20(52)18-17-21(53)15-16(35(67)47(79)46(78)34(15)66)37(69)49(17)81-50(18)48(80)36(12)68/h51-80H. The molecule has 1 heterocycles. The summed E-state index contributed by atoms with van der Waals surface area (Å²) >= 11 is 0. The van der Waals surface area contributed by atoms with Crippen molar-refractivity contribution >= 4 is 75.8 Å². The topological polar surface area (TPSA) is 620 Å². The fourth-order valence-corrected chi connectivity index (χ4v) is 10.4. The molecule has 0 bridgehead atoms. The molecule has 31 nitrogen and oxygen atoms in total. The molecule has 81 heavy (non-hydrogen) atoms. The highest BCUT2D eigenvalue weighted by Gasteiger charge is 2.42. The molecule has 0 saturated heterocycles. The van der Waals surface area contributed by atoms with Crippen LogP contribution in [0.15, 0.2) is 4.42 Å². The summed E-state index contributed by atoms with van der Waals surface area (Å²) in [6, 6.07) is 0. The van der Waals surface area contributed by atoms with E-state index in [1.807, 2.05) is 0 Å². The Kier molecular flexibility index (Phi) is 9.63. The van der Waals surface area contributed by atoms with Gasteiger partial charge in [0.2, 0.25) is 63.2 Å². The van der Waals surface area contributed by atoms with Gasteiger partial charge in [-0.3, -0.25) is 0 Å². The molecule has 0 amide bonds. The number of phenolic OH excluding ortho intramolecular Hbond substituents is 30. The van der Waals surface area contributed by atoms with Crippen molar-refractivity contribution in [2.24, 2.45) is 0 Å². The highest BCUT2D eigenvalue weighted by molar-refractivity contribution is 6.33. The summed E-state index contributed by atoms with van der Waals surface area (Å²) in [7, 11) is 0. The molecular formula is C50H30O31. The van der Waals surface area contributed by atoms with Crippen LogP contribution in [-0.4, -0.2) is 153 Å². The van der Waals surface area contributed by atoms with E-state index in [1.165, 1.54) is 0 Å². The number of furan rings is 1. The van der Waals surface area contributed by atoms with Gasteiger partial charge in [-0.05, 0) is 0 Å². The van der Waals surface area contributed by atoms with Crippen LogP contribution in [0.1, 0.15) is 0 Å². The Bertz CT molecular complexity index is 4840. The van der Waals surface area contributed by atoms with E-state index in [4.69, 9.17) is 4.42 Å². The van der Waals surface area contributed by atoms with Gasteiger partial charge in [-0.2, -0.15) is 0 Å². The van der Waals surface area contributed by atoms with E-state index in [-0.39, 0.29) is 0 Å². The van der Waals surface area contributed by atoms with Crippen LogP contribution in [0, 0.1) is 0 Å². The maximum absolute atomic E-state index is 12.5. The van der Waals surface area contributed by atoms with Crippen LogP contribution in [0.2, 0.25) is 0 Å². The number of aromatic hydroxyl groups is 30. The highest BCUT2D eigenvalue weighted by Crippen LogP contribution is 2.71. The summed E-state index contributed by atoms with van der Waals surface area (Å²) in [6.07, 6.45) is 0. The smallest absolute Gasteiger partial charge is 0.205 e. The molecule has 0 aliphatic carbocycles. The summed E-state index contributed by atoms with van der Waals surface area (Å²) in [6.45, 7) is 0. The number of rotatable bonds is 3. The molecule has 11 aromatic rings. The number of benzene rings is 10. The minimum atomic E-state index is -1.97. The predicted molar refractivity (Wildman–Crippen MR) is 268 cm³/mol. The summed E-state index contributed by atoms with van der Waals surface area (Å²) in [5, 5.41) is 324. The van der Waals surface area contributed by atoms with Crippen LogP contribution in [0.3, 0.4) is 0 Å². The van der Waals surface area contributed by atoms with Gasteiger partial charge in [0.05, 0.1) is 43.6 Å². The Morgan fingerprint density at radius 2 is 0.321 bits per heavy atom. The Morgan fingerprint density at radius 3 is 0.728 bits per heavy atom. The van der Waals surface area contributed by atoms with Crippen LogP contribution >= 0.6 is 0 Å². The third kappa shape index (κ3) is 5.55. The summed E-state index contributed by atoms with van der Waals surface area (Å²) in [5.74, 6) is -51.3. The van der Waals surface area contributed by atoms with Crippen molar-refractivity contribution < 1.29 is 158 Å². The van der Waals surface area contributed by atoms with E-state index in [0.717, 1.165) is 0 Å². The molecule has 10 aromatic carbocycles. The highest BCUT2D eigenvalue weighted by atomic mass is 16.4. The zero-order valence-electron chi connectivity index (χ0n) is 38.8. The molecular weight excluding hydrogens is 1100 g/mol. The van der Waals surface area contributed by atoms with Crippen LogP contribution in [0.5, 0.6) is 172 Å². The predicted octanol–water partition coefficient (Wildman–Crippen LogP) is 5.52. The first-order valence-electron chi connectivity index (χ1n) is 21.9. The lowest BCUT2D eigenvalue weighted by Crippen LogP contribution is -1.97. The van der Waals surface area contributed by atoms with Gasteiger partial charge >= 0.3 is 0 Å². The zero-order chi connectivity index (χ0) is 59.6. The van der Waals surface area contributed by atoms with Gasteiger partial charge in [0.25, 0.3) is 0 Å². The minimum Gasteiger partial charge on any atom is -0.506 e. The van der Waals surface area contributed by atoms with Gasteiger partial charge in [0.1, 0.15) is 17.2 Å². The molecule has 31 heteroatoms. The molecule has 0 aliphatic rings. The fourth-order valence-electron chi connectivity index (χ4n) is 10.4. The second kappa shape index (κ2) is 15.5. The van der Waals surface area contributed by atoms with Gasteiger partial charge in [0.15, 0.2) is 103 Å². The molecule has 0 saturated carbocycles. The molecule has 11 rings (SSSR count). The Labute approximate surface area is 438 Å². The van der Waals surface area contributed by atoms with Crippen molar-refractivity contribution in [1.82, 2.24) is 0 Å². The monoisotopic (exact) mass is 1130 g/mol. The summed E-state index contributed by atoms with van der Waals surface area (Å²) in [4.78, 5) is 0. The van der Waals surface area contributed by atoms with Crippen LogP contribution < -0.4 is 0 Å². The van der Waals surface area contributed by atoms with Crippen molar-refractivity contribution in [3.63, 3.8) is 0 Å². The largest absolute Gasteiger partial charge is 0.506 e. The van der Waals surface area contributed by atoms with Crippen LogP contribution in [0.4, 0.5) is 0 Å². The molecule has 416 valence electrons. The number of hydrogen-bond donors (Lipinski definition) is 30. The van der Waals surface area contributed by atoms with Crippen LogP contribution in [-0.2, 0) is 0 Å². The van der Waals surface area contributed by atoms with E-state index >= 15 is 0 Å². The van der Waals surface area contributed by atoms with Gasteiger partial charge < -0.3 is 158 Å². The Morgan fingerprint density at radius 1 is 0.111 bits per heavy atom. The molecule has 1 aromatic heterocycles. The lowest BCUT2D eigenvalue weighted by atomic mass is 9.81. The van der Waals surface area contributed by atoms with E-state index in [2.05, 4.69) is 0 Å². The molecule has 0 unspecified atom stereocenters.